The van der Waals surface area contributed by atoms with E-state index < -0.39 is 15.9 Å². The van der Waals surface area contributed by atoms with Gasteiger partial charge in [0.05, 0.1) is 45.0 Å². The Kier molecular flexibility index (Phi) is 5.44. The Balaban J connectivity index is 2.06. The molecule has 1 aliphatic heterocycles. The first-order chi connectivity index (χ1) is 13.3. The molecular formula is C18H18BrNO7S. The van der Waals surface area contributed by atoms with Crippen molar-refractivity contribution in [1.82, 2.24) is 4.31 Å². The summed E-state index contributed by atoms with van der Waals surface area (Å²) in [5, 5.41) is 0. The molecule has 3 rings (SSSR count). The fourth-order valence-corrected chi connectivity index (χ4v) is 5.12. The zero-order chi connectivity index (χ0) is 20.6. The van der Waals surface area contributed by atoms with Crippen molar-refractivity contribution in [1.29, 1.82) is 0 Å². The van der Waals surface area contributed by atoms with Gasteiger partial charge >= 0.3 is 0 Å². The number of fused-ring (bicyclic) bond motifs is 1. The Morgan fingerprint density at radius 3 is 2.11 bits per heavy atom. The van der Waals surface area contributed by atoms with E-state index in [0.717, 1.165) is 4.31 Å². The fourth-order valence-electron chi connectivity index (χ4n) is 2.97. The topological polar surface area (TPSA) is 91.4 Å². The van der Waals surface area contributed by atoms with Crippen LogP contribution in [0.25, 0.3) is 0 Å². The SMILES string of the molecule is COc1cc2c(cc1OC)S(=O)(=O)N(Cc1ccc(OC)c(OC)c1Br)C2=O. The van der Waals surface area contributed by atoms with Crippen molar-refractivity contribution < 1.29 is 32.2 Å². The second-order valence-electron chi connectivity index (χ2n) is 5.79. The fraction of sp³-hybridized carbons (Fsp3) is 0.278. The van der Waals surface area contributed by atoms with E-state index in [1.54, 1.807) is 12.1 Å². The maximum atomic E-state index is 13.0. The molecule has 0 aliphatic carbocycles. The molecule has 0 saturated carbocycles. The van der Waals surface area contributed by atoms with E-state index in [1.807, 2.05) is 0 Å². The van der Waals surface area contributed by atoms with E-state index in [4.69, 9.17) is 18.9 Å². The van der Waals surface area contributed by atoms with Crippen molar-refractivity contribution in [2.45, 2.75) is 11.4 Å². The van der Waals surface area contributed by atoms with Gasteiger partial charge in [0.2, 0.25) is 0 Å². The summed E-state index contributed by atoms with van der Waals surface area (Å²) in [6, 6.07) is 5.98. The molecule has 0 bridgehead atoms. The van der Waals surface area contributed by atoms with Gasteiger partial charge in [0, 0.05) is 6.07 Å². The average Bonchev–Trinajstić information content (AvgIpc) is 2.87. The van der Waals surface area contributed by atoms with Gasteiger partial charge in [0.1, 0.15) is 4.90 Å². The Bertz CT molecular complexity index is 1050. The number of nitrogens with zero attached hydrogens (tertiary/aromatic N) is 1. The number of hydrogen-bond acceptors (Lipinski definition) is 7. The van der Waals surface area contributed by atoms with Gasteiger partial charge in [-0.2, -0.15) is 0 Å². The summed E-state index contributed by atoms with van der Waals surface area (Å²) in [6.45, 7) is -0.179. The molecule has 0 aromatic heterocycles. The molecule has 0 spiro atoms. The lowest BCUT2D eigenvalue weighted by molar-refractivity contribution is 0.0864. The quantitative estimate of drug-likeness (QED) is 0.639. The van der Waals surface area contributed by atoms with Gasteiger partial charge in [0.25, 0.3) is 15.9 Å². The molecule has 1 amide bonds. The predicted octanol–water partition coefficient (Wildman–Crippen LogP) is 2.83. The van der Waals surface area contributed by atoms with Gasteiger partial charge in [-0.3, -0.25) is 4.79 Å². The standard InChI is InChI=1S/C18H18BrNO7S/c1-24-12-6-5-10(16(19)17(12)27-4)9-20-18(21)11-7-13(25-2)14(26-3)8-15(11)28(20,22)23/h5-8H,9H2,1-4H3. The van der Waals surface area contributed by atoms with Crippen molar-refractivity contribution in [2.24, 2.45) is 0 Å². The maximum Gasteiger partial charge on any atom is 0.269 e. The summed E-state index contributed by atoms with van der Waals surface area (Å²) in [7, 11) is 1.73. The molecule has 0 unspecified atom stereocenters. The normalized spacial score (nSPS) is 14.6. The third-order valence-corrected chi connectivity index (χ3v) is 7.03. The van der Waals surface area contributed by atoms with Gasteiger partial charge < -0.3 is 18.9 Å². The number of carbonyl (C=O) groups is 1. The van der Waals surface area contributed by atoms with Gasteiger partial charge in [0.15, 0.2) is 23.0 Å². The van der Waals surface area contributed by atoms with Crippen LogP contribution in [-0.4, -0.2) is 47.1 Å². The van der Waals surface area contributed by atoms with Crippen molar-refractivity contribution >= 4 is 31.9 Å². The Labute approximate surface area is 171 Å². The first-order valence-corrected chi connectivity index (χ1v) is 10.3. The van der Waals surface area contributed by atoms with Gasteiger partial charge in [-0.25, -0.2) is 12.7 Å². The van der Waals surface area contributed by atoms with Crippen LogP contribution in [0.4, 0.5) is 0 Å². The summed E-state index contributed by atoms with van der Waals surface area (Å²) in [5.41, 5.74) is 0.579. The number of amides is 1. The highest BCUT2D eigenvalue weighted by molar-refractivity contribution is 9.10. The van der Waals surface area contributed by atoms with Crippen molar-refractivity contribution in [3.05, 3.63) is 39.9 Å². The van der Waals surface area contributed by atoms with Crippen LogP contribution in [0.3, 0.4) is 0 Å². The highest BCUT2D eigenvalue weighted by Crippen LogP contribution is 2.42. The maximum absolute atomic E-state index is 13.0. The molecule has 0 saturated heterocycles. The molecule has 1 aliphatic rings. The third kappa shape index (κ3) is 3.06. The zero-order valence-electron chi connectivity index (χ0n) is 15.6. The number of halogens is 1. The smallest absolute Gasteiger partial charge is 0.269 e. The summed E-state index contributed by atoms with van der Waals surface area (Å²) in [6.07, 6.45) is 0. The molecule has 2 aromatic carbocycles. The summed E-state index contributed by atoms with van der Waals surface area (Å²) >= 11 is 3.40. The first kappa shape index (κ1) is 20.3. The van der Waals surface area contributed by atoms with Crippen LogP contribution in [0.15, 0.2) is 33.6 Å². The third-order valence-electron chi connectivity index (χ3n) is 4.39. The number of hydrogen-bond donors (Lipinski definition) is 0. The van der Waals surface area contributed by atoms with E-state index in [2.05, 4.69) is 15.9 Å². The molecular weight excluding hydrogens is 454 g/mol. The molecule has 0 radical (unpaired) electrons. The second-order valence-corrected chi connectivity index (χ2v) is 8.42. The molecule has 0 atom stereocenters. The van der Waals surface area contributed by atoms with Crippen molar-refractivity contribution in [2.75, 3.05) is 28.4 Å². The number of benzene rings is 2. The molecule has 0 N–H and O–H groups in total. The van der Waals surface area contributed by atoms with Crippen LogP contribution in [0.2, 0.25) is 0 Å². The Morgan fingerprint density at radius 2 is 1.54 bits per heavy atom. The van der Waals surface area contributed by atoms with E-state index in [0.29, 0.717) is 21.5 Å². The lowest BCUT2D eigenvalue weighted by atomic mass is 10.1. The minimum absolute atomic E-state index is 0.0363. The lowest BCUT2D eigenvalue weighted by Gasteiger charge is -2.18. The number of rotatable bonds is 6. The lowest BCUT2D eigenvalue weighted by Crippen LogP contribution is -2.29. The highest BCUT2D eigenvalue weighted by Gasteiger charge is 2.42. The van der Waals surface area contributed by atoms with Crippen LogP contribution < -0.4 is 18.9 Å². The van der Waals surface area contributed by atoms with Gasteiger partial charge in [-0.15, -0.1) is 0 Å². The predicted molar refractivity (Wildman–Crippen MR) is 104 cm³/mol. The minimum Gasteiger partial charge on any atom is -0.493 e. The van der Waals surface area contributed by atoms with Crippen LogP contribution in [0.1, 0.15) is 15.9 Å². The molecule has 28 heavy (non-hydrogen) atoms. The van der Waals surface area contributed by atoms with Crippen molar-refractivity contribution in [3.63, 3.8) is 0 Å². The van der Waals surface area contributed by atoms with E-state index in [-0.39, 0.29) is 28.5 Å². The molecule has 0 fully saturated rings. The van der Waals surface area contributed by atoms with Crippen LogP contribution in [0.5, 0.6) is 23.0 Å². The number of methoxy groups -OCH3 is 4. The molecule has 8 nitrogen and oxygen atoms in total. The highest BCUT2D eigenvalue weighted by atomic mass is 79.9. The number of carbonyl (C=O) groups excluding carboxylic acids is 1. The van der Waals surface area contributed by atoms with E-state index in [9.17, 15) is 13.2 Å². The number of sulfonamides is 1. The summed E-state index contributed by atoms with van der Waals surface area (Å²) < 4.78 is 48.2. The average molecular weight is 472 g/mol. The largest absolute Gasteiger partial charge is 0.493 e. The molecule has 1 heterocycles. The van der Waals surface area contributed by atoms with Gasteiger partial charge in [-0.05, 0) is 33.6 Å². The number of ether oxygens (including phenoxy) is 4. The van der Waals surface area contributed by atoms with Crippen LogP contribution >= 0.6 is 15.9 Å². The van der Waals surface area contributed by atoms with Gasteiger partial charge in [-0.1, -0.05) is 6.07 Å². The summed E-state index contributed by atoms with van der Waals surface area (Å²) in [5.74, 6) is 0.750. The van der Waals surface area contributed by atoms with E-state index in [1.165, 1.54) is 40.6 Å². The Hall–Kier alpha value is -2.46. The zero-order valence-corrected chi connectivity index (χ0v) is 18.0. The molecule has 10 heteroatoms. The van der Waals surface area contributed by atoms with E-state index >= 15 is 0 Å². The Morgan fingerprint density at radius 1 is 0.929 bits per heavy atom. The molecule has 150 valence electrons. The monoisotopic (exact) mass is 471 g/mol. The first-order valence-electron chi connectivity index (χ1n) is 8.02. The summed E-state index contributed by atoms with van der Waals surface area (Å²) in [4.78, 5) is 12.7. The van der Waals surface area contributed by atoms with Crippen molar-refractivity contribution in [3.8, 4) is 23.0 Å². The minimum atomic E-state index is -4.05. The van der Waals surface area contributed by atoms with Crippen LogP contribution in [-0.2, 0) is 16.6 Å². The second kappa shape index (κ2) is 7.51. The van der Waals surface area contributed by atoms with Crippen LogP contribution in [0, 0.1) is 0 Å². The molecule has 2 aromatic rings.